The number of amidine groups is 1. The lowest BCUT2D eigenvalue weighted by molar-refractivity contribution is 0.278. The van der Waals surface area contributed by atoms with E-state index in [1.54, 1.807) is 29.4 Å². The van der Waals surface area contributed by atoms with Crippen molar-refractivity contribution in [3.8, 4) is 11.6 Å². The van der Waals surface area contributed by atoms with Crippen LogP contribution in [0.4, 0.5) is 17.2 Å². The molecule has 186 valence electrons. The summed E-state index contributed by atoms with van der Waals surface area (Å²) < 4.78 is 13.5. The number of ether oxygens (including phenoxy) is 2. The van der Waals surface area contributed by atoms with Crippen LogP contribution in [0.2, 0.25) is 0 Å². The normalized spacial score (nSPS) is 14.4. The Morgan fingerprint density at radius 1 is 0.946 bits per heavy atom. The van der Waals surface area contributed by atoms with Crippen molar-refractivity contribution in [1.82, 2.24) is 29.5 Å². The van der Waals surface area contributed by atoms with Gasteiger partial charge in [-0.3, -0.25) is 4.40 Å². The minimum atomic E-state index is -0.236. The van der Waals surface area contributed by atoms with Crippen LogP contribution in [0, 0.1) is 13.8 Å². The molecule has 3 aromatic heterocycles. The van der Waals surface area contributed by atoms with E-state index < -0.39 is 0 Å². The molecule has 0 aliphatic carbocycles. The molecule has 4 heterocycles. The molecule has 0 saturated heterocycles. The fourth-order valence-corrected chi connectivity index (χ4v) is 4.20. The van der Waals surface area contributed by atoms with Crippen molar-refractivity contribution >= 4 is 39.8 Å². The number of benzene rings is 2. The van der Waals surface area contributed by atoms with Crippen molar-refractivity contribution in [1.29, 1.82) is 0 Å². The number of nitrogens with one attached hydrogen (secondary N) is 2. The lowest BCUT2D eigenvalue weighted by Gasteiger charge is -2.15. The number of aliphatic imine (C=N–C) groups is 1. The Morgan fingerprint density at radius 2 is 1.78 bits per heavy atom. The molecule has 11 heteroatoms. The highest BCUT2D eigenvalue weighted by molar-refractivity contribution is 5.97. The fourth-order valence-electron chi connectivity index (χ4n) is 4.20. The lowest BCUT2D eigenvalue weighted by Crippen LogP contribution is -2.17. The van der Waals surface area contributed by atoms with Gasteiger partial charge in [0.2, 0.25) is 5.88 Å². The summed E-state index contributed by atoms with van der Waals surface area (Å²) in [6, 6.07) is 12.2. The molecule has 0 unspecified atom stereocenters. The standard InChI is InChI=1S/C26H25N9O2/c1-15-7-18(8-16(2)23(15)37-22-10-21-34-30-14-35(21)13-29-22)31-24-19-9-17(5-6-20(19)27-12-28-24)32-25-33-26(3,4)11-36-25/h5-10,12-14H,11H2,1-4H3,(H,32,33)(H,27,28,31). The molecular weight excluding hydrogens is 470 g/mol. The number of fused-ring (bicyclic) bond motifs is 2. The predicted molar refractivity (Wildman–Crippen MR) is 141 cm³/mol. The first-order valence-corrected chi connectivity index (χ1v) is 11.8. The van der Waals surface area contributed by atoms with Gasteiger partial charge < -0.3 is 20.1 Å². The molecule has 0 bridgehead atoms. The molecular formula is C26H25N9O2. The van der Waals surface area contributed by atoms with E-state index in [1.165, 1.54) is 0 Å². The number of rotatable bonds is 5. The van der Waals surface area contributed by atoms with Crippen molar-refractivity contribution in [3.63, 3.8) is 0 Å². The van der Waals surface area contributed by atoms with E-state index in [1.807, 2.05) is 58.0 Å². The highest BCUT2D eigenvalue weighted by Crippen LogP contribution is 2.33. The number of nitrogens with zero attached hydrogens (tertiary/aromatic N) is 7. The van der Waals surface area contributed by atoms with Gasteiger partial charge in [-0.2, -0.15) is 0 Å². The Hall–Kier alpha value is -4.80. The van der Waals surface area contributed by atoms with Crippen LogP contribution in [0.5, 0.6) is 11.6 Å². The first-order chi connectivity index (χ1) is 17.8. The number of aromatic nitrogens is 6. The van der Waals surface area contributed by atoms with Gasteiger partial charge in [0, 0.05) is 22.8 Å². The average molecular weight is 496 g/mol. The summed E-state index contributed by atoms with van der Waals surface area (Å²) in [4.78, 5) is 17.8. The van der Waals surface area contributed by atoms with E-state index >= 15 is 0 Å². The van der Waals surface area contributed by atoms with Gasteiger partial charge >= 0.3 is 0 Å². The van der Waals surface area contributed by atoms with Gasteiger partial charge in [0.1, 0.15) is 37.2 Å². The largest absolute Gasteiger partial charge is 0.462 e. The second kappa shape index (κ2) is 8.70. The number of aryl methyl sites for hydroxylation is 2. The van der Waals surface area contributed by atoms with Gasteiger partial charge in [0.15, 0.2) is 5.65 Å². The van der Waals surface area contributed by atoms with E-state index in [2.05, 4.69) is 40.8 Å². The second-order valence-electron chi connectivity index (χ2n) is 9.59. The van der Waals surface area contributed by atoms with Gasteiger partial charge in [0.25, 0.3) is 6.02 Å². The average Bonchev–Trinajstić information content (AvgIpc) is 3.47. The minimum absolute atomic E-state index is 0.236. The molecule has 2 aromatic carbocycles. The number of hydrogen-bond donors (Lipinski definition) is 2. The summed E-state index contributed by atoms with van der Waals surface area (Å²) in [6.45, 7) is 8.59. The minimum Gasteiger partial charge on any atom is -0.462 e. The third kappa shape index (κ3) is 4.58. The van der Waals surface area contributed by atoms with Crippen molar-refractivity contribution in [3.05, 3.63) is 66.5 Å². The molecule has 37 heavy (non-hydrogen) atoms. The highest BCUT2D eigenvalue weighted by Gasteiger charge is 2.26. The van der Waals surface area contributed by atoms with E-state index in [0.717, 1.165) is 39.2 Å². The second-order valence-corrected chi connectivity index (χ2v) is 9.59. The molecule has 1 aliphatic heterocycles. The molecule has 0 saturated carbocycles. The Labute approximate surface area is 212 Å². The molecule has 6 rings (SSSR count). The zero-order valence-electron chi connectivity index (χ0n) is 20.9. The molecule has 0 spiro atoms. The Balaban J connectivity index is 1.27. The van der Waals surface area contributed by atoms with E-state index in [0.29, 0.717) is 30.0 Å². The summed E-state index contributed by atoms with van der Waals surface area (Å²) >= 11 is 0. The molecule has 2 N–H and O–H groups in total. The fraction of sp³-hybridized carbons (Fsp3) is 0.231. The summed E-state index contributed by atoms with van der Waals surface area (Å²) in [7, 11) is 0. The first-order valence-electron chi connectivity index (χ1n) is 11.8. The third-order valence-electron chi connectivity index (χ3n) is 5.95. The molecule has 1 aliphatic rings. The van der Waals surface area contributed by atoms with Crippen LogP contribution in [0.1, 0.15) is 25.0 Å². The molecule has 5 aromatic rings. The van der Waals surface area contributed by atoms with Crippen molar-refractivity contribution < 1.29 is 9.47 Å². The van der Waals surface area contributed by atoms with Crippen LogP contribution < -0.4 is 15.4 Å². The zero-order chi connectivity index (χ0) is 25.6. The van der Waals surface area contributed by atoms with Crippen LogP contribution in [-0.2, 0) is 4.74 Å². The first kappa shape index (κ1) is 22.7. The molecule has 0 radical (unpaired) electrons. The summed E-state index contributed by atoms with van der Waals surface area (Å²) in [5.74, 6) is 1.88. The molecule has 0 atom stereocenters. The summed E-state index contributed by atoms with van der Waals surface area (Å²) in [6.07, 6.45) is 4.77. The van der Waals surface area contributed by atoms with Gasteiger partial charge in [-0.15, -0.1) is 10.2 Å². The van der Waals surface area contributed by atoms with E-state index in [4.69, 9.17) is 9.47 Å². The maximum absolute atomic E-state index is 6.11. The van der Waals surface area contributed by atoms with Crippen molar-refractivity contribution in [2.24, 2.45) is 4.99 Å². The zero-order valence-corrected chi connectivity index (χ0v) is 20.9. The Kier molecular flexibility index (Phi) is 5.32. The van der Waals surface area contributed by atoms with Crippen LogP contribution in [0.25, 0.3) is 16.6 Å². The van der Waals surface area contributed by atoms with E-state index in [9.17, 15) is 0 Å². The van der Waals surface area contributed by atoms with Crippen LogP contribution in [0.3, 0.4) is 0 Å². The Morgan fingerprint density at radius 3 is 2.57 bits per heavy atom. The molecule has 0 fully saturated rings. The third-order valence-corrected chi connectivity index (χ3v) is 5.95. The SMILES string of the molecule is Cc1cc(Nc2ncnc3ccc(NC4=NC(C)(C)CO4)cc23)cc(C)c1Oc1cc2nncn2cn1. The smallest absolute Gasteiger partial charge is 0.289 e. The molecule has 0 amide bonds. The van der Waals surface area contributed by atoms with Crippen LogP contribution in [-0.4, -0.2) is 47.7 Å². The maximum Gasteiger partial charge on any atom is 0.289 e. The Bertz CT molecular complexity index is 1650. The lowest BCUT2D eigenvalue weighted by atomic mass is 10.1. The summed E-state index contributed by atoms with van der Waals surface area (Å²) in [5, 5.41) is 15.5. The number of hydrogen-bond acceptors (Lipinski definition) is 10. The quantitative estimate of drug-likeness (QED) is 0.354. The van der Waals surface area contributed by atoms with Crippen molar-refractivity contribution in [2.75, 3.05) is 17.2 Å². The van der Waals surface area contributed by atoms with Gasteiger partial charge in [0.05, 0.1) is 11.1 Å². The maximum atomic E-state index is 6.11. The highest BCUT2D eigenvalue weighted by atomic mass is 16.5. The van der Waals surface area contributed by atoms with Gasteiger partial charge in [-0.05, 0) is 69.2 Å². The molecule has 11 nitrogen and oxygen atoms in total. The van der Waals surface area contributed by atoms with Gasteiger partial charge in [-0.25, -0.2) is 19.9 Å². The summed E-state index contributed by atoms with van der Waals surface area (Å²) in [5.41, 5.74) is 4.87. The van der Waals surface area contributed by atoms with Crippen molar-refractivity contribution in [2.45, 2.75) is 33.2 Å². The van der Waals surface area contributed by atoms with Crippen LogP contribution in [0.15, 0.2) is 60.4 Å². The number of anilines is 3. The topological polar surface area (TPSA) is 124 Å². The monoisotopic (exact) mass is 495 g/mol. The van der Waals surface area contributed by atoms with E-state index in [-0.39, 0.29) is 5.54 Å². The predicted octanol–water partition coefficient (Wildman–Crippen LogP) is 4.80. The van der Waals surface area contributed by atoms with Gasteiger partial charge in [-0.1, -0.05) is 0 Å². The van der Waals surface area contributed by atoms with Crippen LogP contribution >= 0.6 is 0 Å².